The minimum atomic E-state index is -4.78. The first-order chi connectivity index (χ1) is 12.6. The fourth-order valence-corrected chi connectivity index (χ4v) is 3.69. The van der Waals surface area contributed by atoms with Gasteiger partial charge in [0.15, 0.2) is 0 Å². The van der Waals surface area contributed by atoms with Crippen LogP contribution >= 0.6 is 0 Å². The SMILES string of the molecule is CC(=O)N1CC(C)(C(O)(c2ccccc2)c2ccc(OC(F)(F)F)cc2)C1. The van der Waals surface area contributed by atoms with E-state index in [9.17, 15) is 23.1 Å². The molecule has 27 heavy (non-hydrogen) atoms. The fourth-order valence-electron chi connectivity index (χ4n) is 3.69. The first kappa shape index (κ1) is 19.2. The van der Waals surface area contributed by atoms with Gasteiger partial charge in [-0.3, -0.25) is 4.79 Å². The zero-order chi connectivity index (χ0) is 19.9. The Kier molecular flexibility index (Phi) is 4.67. The van der Waals surface area contributed by atoms with Crippen LogP contribution in [0.4, 0.5) is 13.2 Å². The highest BCUT2D eigenvalue weighted by atomic mass is 19.4. The van der Waals surface area contributed by atoms with E-state index in [-0.39, 0.29) is 11.7 Å². The quantitative estimate of drug-likeness (QED) is 0.882. The molecule has 1 unspecified atom stereocenters. The second-order valence-corrected chi connectivity index (χ2v) is 7.08. The van der Waals surface area contributed by atoms with Crippen molar-refractivity contribution in [2.75, 3.05) is 13.1 Å². The predicted octanol–water partition coefficient (Wildman–Crippen LogP) is 3.69. The Bertz CT molecular complexity index is 815. The lowest BCUT2D eigenvalue weighted by molar-refractivity contribution is -0.274. The van der Waals surface area contributed by atoms with Crippen LogP contribution in [0.2, 0.25) is 0 Å². The zero-order valence-corrected chi connectivity index (χ0v) is 15.0. The summed E-state index contributed by atoms with van der Waals surface area (Å²) in [7, 11) is 0. The molecule has 4 nitrogen and oxygen atoms in total. The summed E-state index contributed by atoms with van der Waals surface area (Å²) in [6, 6.07) is 14.1. The van der Waals surface area contributed by atoms with E-state index < -0.39 is 17.4 Å². The van der Waals surface area contributed by atoms with Gasteiger partial charge in [-0.15, -0.1) is 13.2 Å². The molecule has 1 amide bonds. The second-order valence-electron chi connectivity index (χ2n) is 7.08. The van der Waals surface area contributed by atoms with Crippen molar-refractivity contribution in [3.8, 4) is 5.75 Å². The van der Waals surface area contributed by atoms with Crippen LogP contribution in [0.1, 0.15) is 25.0 Å². The van der Waals surface area contributed by atoms with Gasteiger partial charge in [0.25, 0.3) is 0 Å². The summed E-state index contributed by atoms with van der Waals surface area (Å²) >= 11 is 0. The van der Waals surface area contributed by atoms with Crippen LogP contribution < -0.4 is 4.74 Å². The number of nitrogens with zero attached hydrogens (tertiary/aromatic N) is 1. The van der Waals surface area contributed by atoms with Crippen LogP contribution in [-0.4, -0.2) is 35.4 Å². The lowest BCUT2D eigenvalue weighted by Crippen LogP contribution is -2.65. The van der Waals surface area contributed by atoms with E-state index in [2.05, 4.69) is 4.74 Å². The van der Waals surface area contributed by atoms with Crippen molar-refractivity contribution in [1.29, 1.82) is 0 Å². The Labute approximate surface area is 155 Å². The molecule has 1 aliphatic heterocycles. The Balaban J connectivity index is 2.00. The molecular formula is C20H20F3NO3. The van der Waals surface area contributed by atoms with E-state index in [4.69, 9.17) is 0 Å². The number of benzene rings is 2. The number of hydrogen-bond acceptors (Lipinski definition) is 3. The summed E-state index contributed by atoms with van der Waals surface area (Å²) in [5.41, 5.74) is -1.11. The molecular weight excluding hydrogens is 359 g/mol. The van der Waals surface area contributed by atoms with Crippen LogP contribution in [0.25, 0.3) is 0 Å². The van der Waals surface area contributed by atoms with Gasteiger partial charge in [-0.1, -0.05) is 49.4 Å². The van der Waals surface area contributed by atoms with Crippen molar-refractivity contribution in [3.63, 3.8) is 0 Å². The molecule has 0 radical (unpaired) electrons. The highest BCUT2D eigenvalue weighted by Gasteiger charge is 2.56. The van der Waals surface area contributed by atoms with Crippen molar-refractivity contribution in [2.24, 2.45) is 5.41 Å². The third-order valence-corrected chi connectivity index (χ3v) is 5.10. The van der Waals surface area contributed by atoms with E-state index in [0.29, 0.717) is 24.2 Å². The average molecular weight is 379 g/mol. The van der Waals surface area contributed by atoms with Crippen molar-refractivity contribution < 1.29 is 27.8 Å². The lowest BCUT2D eigenvalue weighted by Gasteiger charge is -2.56. The number of carbonyl (C=O) groups excluding carboxylic acids is 1. The molecule has 1 atom stereocenters. The van der Waals surface area contributed by atoms with Crippen LogP contribution in [0, 0.1) is 5.41 Å². The Hall–Kier alpha value is -2.54. The molecule has 0 aromatic heterocycles. The number of rotatable bonds is 4. The minimum absolute atomic E-state index is 0.0863. The smallest absolute Gasteiger partial charge is 0.406 e. The zero-order valence-electron chi connectivity index (χ0n) is 15.0. The molecule has 3 rings (SSSR count). The van der Waals surface area contributed by atoms with E-state index >= 15 is 0 Å². The number of amides is 1. The van der Waals surface area contributed by atoms with E-state index in [1.807, 2.05) is 13.0 Å². The summed E-state index contributed by atoms with van der Waals surface area (Å²) < 4.78 is 41.1. The maximum atomic E-state index is 12.4. The van der Waals surface area contributed by atoms with Gasteiger partial charge in [0.1, 0.15) is 11.4 Å². The van der Waals surface area contributed by atoms with Crippen molar-refractivity contribution in [2.45, 2.75) is 25.8 Å². The van der Waals surface area contributed by atoms with Gasteiger partial charge < -0.3 is 14.7 Å². The van der Waals surface area contributed by atoms with Crippen LogP contribution in [0.5, 0.6) is 5.75 Å². The molecule has 0 aliphatic carbocycles. The number of ether oxygens (including phenoxy) is 1. The molecule has 1 aliphatic rings. The van der Waals surface area contributed by atoms with Crippen LogP contribution in [0.15, 0.2) is 54.6 Å². The number of alkyl halides is 3. The van der Waals surface area contributed by atoms with Gasteiger partial charge in [-0.25, -0.2) is 0 Å². The average Bonchev–Trinajstić information content (AvgIpc) is 2.58. The van der Waals surface area contributed by atoms with Crippen molar-refractivity contribution >= 4 is 5.91 Å². The Morgan fingerprint density at radius 2 is 1.56 bits per heavy atom. The molecule has 2 aromatic rings. The second kappa shape index (κ2) is 6.56. The van der Waals surface area contributed by atoms with E-state index in [0.717, 1.165) is 0 Å². The Morgan fingerprint density at radius 1 is 1.04 bits per heavy atom. The molecule has 0 spiro atoms. The summed E-state index contributed by atoms with van der Waals surface area (Å²) in [6.45, 7) is 4.01. The highest BCUT2D eigenvalue weighted by molar-refractivity contribution is 5.74. The summed E-state index contributed by atoms with van der Waals surface area (Å²) in [4.78, 5) is 13.2. The number of hydrogen-bond donors (Lipinski definition) is 1. The molecule has 1 heterocycles. The minimum Gasteiger partial charge on any atom is -0.406 e. The maximum Gasteiger partial charge on any atom is 0.573 e. The topological polar surface area (TPSA) is 49.8 Å². The van der Waals surface area contributed by atoms with Gasteiger partial charge in [-0.05, 0) is 23.3 Å². The van der Waals surface area contributed by atoms with Gasteiger partial charge >= 0.3 is 6.36 Å². The molecule has 2 aromatic carbocycles. The number of likely N-dealkylation sites (tertiary alicyclic amines) is 1. The molecule has 1 N–H and O–H groups in total. The standard InChI is InChI=1S/C20H20F3NO3/c1-14(25)24-12-18(2,13-24)19(26,15-6-4-3-5-7-15)16-8-10-17(11-9-16)27-20(21,22)23/h3-11,26H,12-13H2,1-2H3. The highest BCUT2D eigenvalue weighted by Crippen LogP contribution is 2.50. The largest absolute Gasteiger partial charge is 0.573 e. The van der Waals surface area contributed by atoms with Gasteiger partial charge in [0.05, 0.1) is 0 Å². The third kappa shape index (κ3) is 3.51. The summed E-state index contributed by atoms with van der Waals surface area (Å²) in [5, 5.41) is 11.8. The monoisotopic (exact) mass is 379 g/mol. The summed E-state index contributed by atoms with van der Waals surface area (Å²) in [5.74, 6) is -0.442. The molecule has 0 saturated carbocycles. The van der Waals surface area contributed by atoms with E-state index in [1.165, 1.54) is 31.2 Å². The normalized spacial score (nSPS) is 18.4. The summed E-state index contributed by atoms with van der Waals surface area (Å²) in [6.07, 6.45) is -4.78. The predicted molar refractivity (Wildman–Crippen MR) is 92.9 cm³/mol. The Morgan fingerprint density at radius 3 is 2.04 bits per heavy atom. The number of halogens is 3. The van der Waals surface area contributed by atoms with Gasteiger partial charge in [-0.2, -0.15) is 0 Å². The van der Waals surface area contributed by atoms with Crippen LogP contribution in [-0.2, 0) is 10.4 Å². The lowest BCUT2D eigenvalue weighted by atomic mass is 9.62. The molecule has 7 heteroatoms. The fraction of sp³-hybridized carbons (Fsp3) is 0.350. The first-order valence-electron chi connectivity index (χ1n) is 8.45. The van der Waals surface area contributed by atoms with Crippen molar-refractivity contribution in [3.05, 3.63) is 65.7 Å². The molecule has 1 fully saturated rings. The maximum absolute atomic E-state index is 12.4. The van der Waals surface area contributed by atoms with Crippen molar-refractivity contribution in [1.82, 2.24) is 4.90 Å². The van der Waals surface area contributed by atoms with Gasteiger partial charge in [0, 0.05) is 25.4 Å². The van der Waals surface area contributed by atoms with Gasteiger partial charge in [0.2, 0.25) is 5.91 Å². The number of aliphatic hydroxyl groups is 1. The third-order valence-electron chi connectivity index (χ3n) is 5.10. The molecule has 0 bridgehead atoms. The van der Waals surface area contributed by atoms with E-state index in [1.54, 1.807) is 29.2 Å². The number of carbonyl (C=O) groups is 1. The van der Waals surface area contributed by atoms with Crippen LogP contribution in [0.3, 0.4) is 0 Å². The molecule has 144 valence electrons. The molecule has 1 saturated heterocycles. The first-order valence-corrected chi connectivity index (χ1v) is 8.45.